The molecule has 1 aliphatic rings. The summed E-state index contributed by atoms with van der Waals surface area (Å²) in [6, 6.07) is 0.450. The molecule has 1 aliphatic heterocycles. The van der Waals surface area contributed by atoms with Gasteiger partial charge in [0.15, 0.2) is 0 Å². The number of likely N-dealkylation sites (tertiary alicyclic amines) is 1. The van der Waals surface area contributed by atoms with E-state index in [4.69, 9.17) is 24.1 Å². The van der Waals surface area contributed by atoms with Crippen molar-refractivity contribution in [3.05, 3.63) is 0 Å². The van der Waals surface area contributed by atoms with Gasteiger partial charge in [0, 0.05) is 38.6 Å². The Hall–Kier alpha value is -1.75. The summed E-state index contributed by atoms with van der Waals surface area (Å²) in [5, 5.41) is 8.57. The standard InChI is InChI=1S/C27H52N2O4.C26H52O4/c1-5-6-7-8-9-10-11-12-14-17-26(30)32-21-16-13-15-19-29-23-25(22-24(29)2)33-27(31)18-20-28(3)4;1-3-5-7-9-12-16-20-25(21-17-13-10-8-6-4-2)26(28)30-23-19-15-11-14-18-22-29-24-27/h24-25H,5-23H2,1-4H3;25,27H,3-24H2,1-2H3/t24-,25?;/m1./s1. The zero-order valence-electron chi connectivity index (χ0n) is 42.4. The Bertz CT molecular complexity index is 998. The largest absolute Gasteiger partial charge is 0.466 e. The van der Waals surface area contributed by atoms with Crippen molar-refractivity contribution < 1.29 is 38.4 Å². The minimum Gasteiger partial charge on any atom is -0.466 e. The number of hydrogen-bond acceptors (Lipinski definition) is 10. The lowest BCUT2D eigenvalue weighted by Crippen LogP contribution is -2.29. The molecule has 63 heavy (non-hydrogen) atoms. The van der Waals surface area contributed by atoms with E-state index in [0.29, 0.717) is 38.7 Å². The van der Waals surface area contributed by atoms with Gasteiger partial charge in [-0.3, -0.25) is 19.3 Å². The Labute approximate surface area is 389 Å². The fraction of sp³-hybridized carbons (Fsp3) is 0.943. The second kappa shape index (κ2) is 46.8. The maximum absolute atomic E-state index is 12.6. The molecule has 2 atom stereocenters. The zero-order chi connectivity index (χ0) is 46.4. The van der Waals surface area contributed by atoms with E-state index < -0.39 is 0 Å². The maximum Gasteiger partial charge on any atom is 0.308 e. The van der Waals surface area contributed by atoms with Crippen LogP contribution in [0, 0.1) is 5.92 Å². The van der Waals surface area contributed by atoms with Crippen LogP contribution in [0.15, 0.2) is 0 Å². The maximum atomic E-state index is 12.6. The summed E-state index contributed by atoms with van der Waals surface area (Å²) in [6.45, 7) is 13.1. The Balaban J connectivity index is 0.00000123. The predicted octanol–water partition coefficient (Wildman–Crippen LogP) is 13.1. The summed E-state index contributed by atoms with van der Waals surface area (Å²) in [4.78, 5) is 40.9. The lowest BCUT2D eigenvalue weighted by atomic mass is 9.94. The van der Waals surface area contributed by atoms with Crippen LogP contribution < -0.4 is 0 Å². The number of unbranched alkanes of at least 4 members (excludes halogenated alkanes) is 24. The molecule has 0 aromatic heterocycles. The van der Waals surface area contributed by atoms with E-state index in [9.17, 15) is 14.4 Å². The van der Waals surface area contributed by atoms with Gasteiger partial charge < -0.3 is 29.0 Å². The molecule has 1 saturated heterocycles. The smallest absolute Gasteiger partial charge is 0.308 e. The van der Waals surface area contributed by atoms with Crippen LogP contribution in [0.2, 0.25) is 0 Å². The Morgan fingerprint density at radius 2 is 1.03 bits per heavy atom. The van der Waals surface area contributed by atoms with Gasteiger partial charge in [-0.05, 0) is 78.9 Å². The first kappa shape index (κ1) is 61.2. The zero-order valence-corrected chi connectivity index (χ0v) is 42.4. The van der Waals surface area contributed by atoms with Gasteiger partial charge in [0.25, 0.3) is 0 Å². The van der Waals surface area contributed by atoms with E-state index in [-0.39, 0.29) is 36.7 Å². The first-order chi connectivity index (χ1) is 30.7. The van der Waals surface area contributed by atoms with Crippen LogP contribution in [0.1, 0.15) is 246 Å². The fourth-order valence-electron chi connectivity index (χ4n) is 8.35. The SMILES string of the molecule is CCCCCCCCC(CCCCCCCC)C(=O)OCCCCCCCOCO.CCCCCCCCCCCC(=O)OCCCCCN1CC(OC(=O)CCN(C)C)C[C@H]1C. The van der Waals surface area contributed by atoms with Crippen LogP contribution >= 0.6 is 0 Å². The molecule has 1 heterocycles. The minimum absolute atomic E-state index is 0.0247. The molecule has 0 amide bonds. The first-order valence-corrected chi connectivity index (χ1v) is 26.8. The minimum atomic E-state index is -0.186. The van der Waals surface area contributed by atoms with Gasteiger partial charge in [0.2, 0.25) is 0 Å². The van der Waals surface area contributed by atoms with Crippen molar-refractivity contribution >= 4 is 17.9 Å². The van der Waals surface area contributed by atoms with E-state index in [2.05, 4.69) is 32.6 Å². The van der Waals surface area contributed by atoms with E-state index in [1.807, 2.05) is 19.0 Å². The third-order valence-electron chi connectivity index (χ3n) is 12.5. The third-order valence-corrected chi connectivity index (χ3v) is 12.5. The van der Waals surface area contributed by atoms with Crippen molar-refractivity contribution in [3.8, 4) is 0 Å². The van der Waals surface area contributed by atoms with Crippen molar-refractivity contribution in [2.75, 3.05) is 60.3 Å². The summed E-state index contributed by atoms with van der Waals surface area (Å²) in [6.07, 6.45) is 39.0. The van der Waals surface area contributed by atoms with Gasteiger partial charge in [-0.2, -0.15) is 0 Å². The molecule has 10 heteroatoms. The van der Waals surface area contributed by atoms with Crippen LogP contribution in [-0.2, 0) is 33.3 Å². The van der Waals surface area contributed by atoms with E-state index >= 15 is 0 Å². The molecule has 1 unspecified atom stereocenters. The number of carbonyl (C=O) groups is 3. The quantitative estimate of drug-likeness (QED) is 0.0274. The summed E-state index contributed by atoms with van der Waals surface area (Å²) < 4.78 is 21.6. The number of esters is 3. The van der Waals surface area contributed by atoms with Crippen LogP contribution in [-0.4, -0.2) is 105 Å². The summed E-state index contributed by atoms with van der Waals surface area (Å²) in [5.74, 6) is 0.0310. The molecule has 0 spiro atoms. The topological polar surface area (TPSA) is 115 Å². The lowest BCUT2D eigenvalue weighted by Gasteiger charge is -2.20. The fourth-order valence-corrected chi connectivity index (χ4v) is 8.35. The Kier molecular flexibility index (Phi) is 45.5. The van der Waals surface area contributed by atoms with Gasteiger partial charge in [-0.15, -0.1) is 0 Å². The van der Waals surface area contributed by atoms with Crippen molar-refractivity contribution in [2.24, 2.45) is 5.92 Å². The average molecular weight is 897 g/mol. The molecule has 0 aliphatic carbocycles. The summed E-state index contributed by atoms with van der Waals surface area (Å²) in [5.41, 5.74) is 0. The predicted molar refractivity (Wildman–Crippen MR) is 262 cm³/mol. The number of rotatable bonds is 44. The number of nitrogens with zero attached hydrogens (tertiary/aromatic N) is 2. The van der Waals surface area contributed by atoms with E-state index in [1.165, 1.54) is 109 Å². The van der Waals surface area contributed by atoms with Gasteiger partial charge in [0.05, 0.1) is 25.6 Å². The number of hydrogen-bond donors (Lipinski definition) is 1. The first-order valence-electron chi connectivity index (χ1n) is 26.8. The van der Waals surface area contributed by atoms with Crippen LogP contribution in [0.5, 0.6) is 0 Å². The molecule has 1 N–H and O–H groups in total. The molecule has 374 valence electrons. The van der Waals surface area contributed by atoms with Gasteiger partial charge in [-0.25, -0.2) is 0 Å². The molecule has 10 nitrogen and oxygen atoms in total. The average Bonchev–Trinajstić information content (AvgIpc) is 3.62. The third kappa shape index (κ3) is 41.4. The highest BCUT2D eigenvalue weighted by Crippen LogP contribution is 2.23. The second-order valence-electron chi connectivity index (χ2n) is 18.9. The molecule has 1 rings (SSSR count). The van der Waals surface area contributed by atoms with Gasteiger partial charge in [-0.1, -0.05) is 168 Å². The highest BCUT2D eigenvalue weighted by molar-refractivity contribution is 5.72. The van der Waals surface area contributed by atoms with Crippen LogP contribution in [0.4, 0.5) is 0 Å². The number of aliphatic hydroxyl groups is 1. The molecule has 0 aromatic carbocycles. The summed E-state index contributed by atoms with van der Waals surface area (Å²) >= 11 is 0. The number of carbonyl (C=O) groups excluding carboxylic acids is 3. The van der Waals surface area contributed by atoms with E-state index in [1.54, 1.807) is 0 Å². The molecule has 0 aromatic rings. The molecule has 0 bridgehead atoms. The Morgan fingerprint density at radius 1 is 0.571 bits per heavy atom. The van der Waals surface area contributed by atoms with Crippen molar-refractivity contribution in [1.82, 2.24) is 9.80 Å². The monoisotopic (exact) mass is 897 g/mol. The lowest BCUT2D eigenvalue weighted by molar-refractivity contribution is -0.150. The number of ether oxygens (including phenoxy) is 4. The van der Waals surface area contributed by atoms with Crippen molar-refractivity contribution in [2.45, 2.75) is 258 Å². The van der Waals surface area contributed by atoms with Gasteiger partial charge >= 0.3 is 17.9 Å². The van der Waals surface area contributed by atoms with E-state index in [0.717, 1.165) is 116 Å². The Morgan fingerprint density at radius 3 is 1.56 bits per heavy atom. The number of aliphatic hydroxyl groups excluding tert-OH is 1. The molecular weight excluding hydrogens is 793 g/mol. The molecular formula is C53H104N2O8. The van der Waals surface area contributed by atoms with Crippen LogP contribution in [0.3, 0.4) is 0 Å². The second-order valence-corrected chi connectivity index (χ2v) is 18.9. The molecule has 0 radical (unpaired) electrons. The highest BCUT2D eigenvalue weighted by atomic mass is 16.6. The van der Waals surface area contributed by atoms with Gasteiger partial charge in [0.1, 0.15) is 12.9 Å². The van der Waals surface area contributed by atoms with Crippen molar-refractivity contribution in [1.29, 1.82) is 0 Å². The van der Waals surface area contributed by atoms with Crippen LogP contribution in [0.25, 0.3) is 0 Å². The molecule has 1 fully saturated rings. The highest BCUT2D eigenvalue weighted by Gasteiger charge is 2.31. The van der Waals surface area contributed by atoms with Crippen molar-refractivity contribution in [3.63, 3.8) is 0 Å². The normalized spacial score (nSPS) is 15.2. The molecule has 0 saturated carbocycles. The summed E-state index contributed by atoms with van der Waals surface area (Å²) in [7, 11) is 3.93.